The molecular formula is C17H25N3. The fourth-order valence-corrected chi connectivity index (χ4v) is 3.01. The van der Waals surface area contributed by atoms with E-state index in [0.717, 1.165) is 13.1 Å². The molecule has 0 bridgehead atoms. The Morgan fingerprint density at radius 1 is 1.15 bits per heavy atom. The van der Waals surface area contributed by atoms with E-state index in [4.69, 9.17) is 0 Å². The minimum atomic E-state index is 0.305. The van der Waals surface area contributed by atoms with Crippen LogP contribution in [0.3, 0.4) is 0 Å². The Labute approximate surface area is 122 Å². The molecule has 1 atom stereocenters. The highest BCUT2D eigenvalue weighted by atomic mass is 15.3. The van der Waals surface area contributed by atoms with Crippen LogP contribution in [0.15, 0.2) is 24.4 Å². The van der Waals surface area contributed by atoms with Gasteiger partial charge in [-0.2, -0.15) is 5.10 Å². The standard InChI is InChI=1S/C17H25N3/c1-6-18-16(11-20-15(5)7-8-19-20)17-13(3)9-12(2)10-14(17)4/h7-10,16,18H,6,11H2,1-5H3. The molecule has 1 unspecified atom stereocenters. The fourth-order valence-electron chi connectivity index (χ4n) is 3.01. The quantitative estimate of drug-likeness (QED) is 0.902. The van der Waals surface area contributed by atoms with Crippen LogP contribution in [0.2, 0.25) is 0 Å². The Balaban J connectivity index is 2.36. The molecule has 0 aliphatic carbocycles. The first kappa shape index (κ1) is 14.8. The number of nitrogens with zero attached hydrogens (tertiary/aromatic N) is 2. The zero-order valence-electron chi connectivity index (χ0n) is 13.2. The summed E-state index contributed by atoms with van der Waals surface area (Å²) in [4.78, 5) is 0. The summed E-state index contributed by atoms with van der Waals surface area (Å²) in [5, 5.41) is 8.02. The van der Waals surface area contributed by atoms with Gasteiger partial charge in [-0.3, -0.25) is 4.68 Å². The molecule has 0 amide bonds. The lowest BCUT2D eigenvalue weighted by Crippen LogP contribution is -2.27. The molecule has 1 N–H and O–H groups in total. The summed E-state index contributed by atoms with van der Waals surface area (Å²) in [6, 6.07) is 6.89. The number of hydrogen-bond donors (Lipinski definition) is 1. The van der Waals surface area contributed by atoms with E-state index in [1.165, 1.54) is 27.9 Å². The van der Waals surface area contributed by atoms with Gasteiger partial charge in [-0.25, -0.2) is 0 Å². The van der Waals surface area contributed by atoms with Gasteiger partial charge in [-0.05, 0) is 57.0 Å². The number of nitrogens with one attached hydrogen (secondary N) is 1. The first-order valence-corrected chi connectivity index (χ1v) is 7.32. The van der Waals surface area contributed by atoms with Crippen molar-refractivity contribution in [1.82, 2.24) is 15.1 Å². The zero-order valence-corrected chi connectivity index (χ0v) is 13.2. The third kappa shape index (κ3) is 3.10. The molecule has 2 aromatic rings. The van der Waals surface area contributed by atoms with Crippen LogP contribution in [-0.2, 0) is 6.54 Å². The topological polar surface area (TPSA) is 29.9 Å². The average Bonchev–Trinajstić information content (AvgIpc) is 2.74. The van der Waals surface area contributed by atoms with Crippen LogP contribution in [0.25, 0.3) is 0 Å². The second-order valence-corrected chi connectivity index (χ2v) is 5.58. The predicted octanol–water partition coefficient (Wildman–Crippen LogP) is 3.47. The molecule has 20 heavy (non-hydrogen) atoms. The van der Waals surface area contributed by atoms with Crippen LogP contribution >= 0.6 is 0 Å². The molecular weight excluding hydrogens is 246 g/mol. The van der Waals surface area contributed by atoms with Gasteiger partial charge >= 0.3 is 0 Å². The number of hydrogen-bond acceptors (Lipinski definition) is 2. The van der Waals surface area contributed by atoms with E-state index < -0.39 is 0 Å². The third-order valence-corrected chi connectivity index (χ3v) is 3.82. The maximum atomic E-state index is 4.42. The number of aromatic nitrogens is 2. The van der Waals surface area contributed by atoms with Crippen LogP contribution < -0.4 is 5.32 Å². The van der Waals surface area contributed by atoms with Crippen LogP contribution in [-0.4, -0.2) is 16.3 Å². The van der Waals surface area contributed by atoms with Crippen molar-refractivity contribution in [2.24, 2.45) is 0 Å². The maximum absolute atomic E-state index is 4.42. The van der Waals surface area contributed by atoms with Crippen molar-refractivity contribution in [3.63, 3.8) is 0 Å². The number of rotatable bonds is 5. The van der Waals surface area contributed by atoms with Gasteiger partial charge in [0, 0.05) is 11.9 Å². The molecule has 0 radical (unpaired) electrons. The van der Waals surface area contributed by atoms with Crippen LogP contribution in [0.5, 0.6) is 0 Å². The lowest BCUT2D eigenvalue weighted by molar-refractivity contribution is 0.439. The van der Waals surface area contributed by atoms with E-state index in [0.29, 0.717) is 6.04 Å². The predicted molar refractivity (Wildman–Crippen MR) is 84.0 cm³/mol. The summed E-state index contributed by atoms with van der Waals surface area (Å²) in [6.45, 7) is 12.6. The number of likely N-dealkylation sites (N-methyl/N-ethyl adjacent to an activating group) is 1. The summed E-state index contributed by atoms with van der Waals surface area (Å²) >= 11 is 0. The molecule has 1 aromatic carbocycles. The smallest absolute Gasteiger partial charge is 0.0607 e. The highest BCUT2D eigenvalue weighted by Crippen LogP contribution is 2.25. The number of benzene rings is 1. The first-order valence-electron chi connectivity index (χ1n) is 7.32. The van der Waals surface area contributed by atoms with Crippen molar-refractivity contribution in [2.75, 3.05) is 6.54 Å². The van der Waals surface area contributed by atoms with E-state index in [-0.39, 0.29) is 0 Å². The summed E-state index contributed by atoms with van der Waals surface area (Å²) in [5.74, 6) is 0. The van der Waals surface area contributed by atoms with Gasteiger partial charge in [-0.1, -0.05) is 24.6 Å². The Kier molecular flexibility index (Phi) is 4.61. The normalized spacial score (nSPS) is 12.7. The molecule has 0 saturated carbocycles. The minimum Gasteiger partial charge on any atom is -0.309 e. The van der Waals surface area contributed by atoms with Crippen LogP contribution in [0.1, 0.15) is 40.9 Å². The van der Waals surface area contributed by atoms with Crippen molar-refractivity contribution in [3.8, 4) is 0 Å². The van der Waals surface area contributed by atoms with E-state index in [1.54, 1.807) is 0 Å². The zero-order chi connectivity index (χ0) is 14.7. The molecule has 3 nitrogen and oxygen atoms in total. The van der Waals surface area contributed by atoms with Gasteiger partial charge in [-0.15, -0.1) is 0 Å². The average molecular weight is 271 g/mol. The summed E-state index contributed by atoms with van der Waals surface area (Å²) in [5.41, 5.74) is 6.66. The second-order valence-electron chi connectivity index (χ2n) is 5.58. The first-order chi connectivity index (χ1) is 9.52. The Bertz CT molecular complexity index is 561. The molecule has 1 aromatic heterocycles. The molecule has 108 valence electrons. The largest absolute Gasteiger partial charge is 0.309 e. The van der Waals surface area contributed by atoms with E-state index in [1.807, 2.05) is 6.20 Å². The molecule has 1 heterocycles. The summed E-state index contributed by atoms with van der Waals surface area (Å²) in [6.07, 6.45) is 1.87. The Hall–Kier alpha value is -1.61. The van der Waals surface area contributed by atoms with Crippen LogP contribution in [0.4, 0.5) is 0 Å². The molecule has 0 saturated heterocycles. The van der Waals surface area contributed by atoms with Gasteiger partial charge in [0.25, 0.3) is 0 Å². The molecule has 0 aliphatic rings. The van der Waals surface area contributed by atoms with E-state index in [2.05, 4.69) is 67.9 Å². The van der Waals surface area contributed by atoms with Crippen molar-refractivity contribution in [3.05, 3.63) is 52.3 Å². The molecule has 3 heteroatoms. The van der Waals surface area contributed by atoms with Gasteiger partial charge in [0.1, 0.15) is 0 Å². The molecule has 0 spiro atoms. The lowest BCUT2D eigenvalue weighted by atomic mass is 9.94. The highest BCUT2D eigenvalue weighted by Gasteiger charge is 2.17. The maximum Gasteiger partial charge on any atom is 0.0607 e. The number of aryl methyl sites for hydroxylation is 4. The van der Waals surface area contributed by atoms with E-state index >= 15 is 0 Å². The van der Waals surface area contributed by atoms with Crippen molar-refractivity contribution in [2.45, 2.75) is 47.2 Å². The summed E-state index contributed by atoms with van der Waals surface area (Å²) < 4.78 is 2.08. The molecule has 2 rings (SSSR count). The summed E-state index contributed by atoms with van der Waals surface area (Å²) in [7, 11) is 0. The fraction of sp³-hybridized carbons (Fsp3) is 0.471. The monoisotopic (exact) mass is 271 g/mol. The van der Waals surface area contributed by atoms with E-state index in [9.17, 15) is 0 Å². The van der Waals surface area contributed by atoms with Crippen molar-refractivity contribution < 1.29 is 0 Å². The van der Waals surface area contributed by atoms with Gasteiger partial charge in [0.2, 0.25) is 0 Å². The van der Waals surface area contributed by atoms with Gasteiger partial charge < -0.3 is 5.32 Å². The van der Waals surface area contributed by atoms with Crippen molar-refractivity contribution >= 4 is 0 Å². The molecule has 0 aliphatic heterocycles. The highest BCUT2D eigenvalue weighted by molar-refractivity contribution is 5.39. The minimum absolute atomic E-state index is 0.305. The second kappa shape index (κ2) is 6.23. The Morgan fingerprint density at radius 2 is 1.80 bits per heavy atom. The van der Waals surface area contributed by atoms with Gasteiger partial charge in [0.05, 0.1) is 12.6 Å². The SMILES string of the molecule is CCNC(Cn1nccc1C)c1c(C)cc(C)cc1C. The van der Waals surface area contributed by atoms with Crippen molar-refractivity contribution in [1.29, 1.82) is 0 Å². The Morgan fingerprint density at radius 3 is 2.30 bits per heavy atom. The third-order valence-electron chi connectivity index (χ3n) is 3.82. The van der Waals surface area contributed by atoms with Gasteiger partial charge in [0.15, 0.2) is 0 Å². The van der Waals surface area contributed by atoms with Crippen LogP contribution in [0, 0.1) is 27.7 Å². The molecule has 0 fully saturated rings. The lowest BCUT2D eigenvalue weighted by Gasteiger charge is -2.23.